The summed E-state index contributed by atoms with van der Waals surface area (Å²) in [4.78, 5) is 0. The molecular weight excluding hydrogens is 170 g/mol. The van der Waals surface area contributed by atoms with Crippen LogP contribution in [0, 0.1) is 5.92 Å². The molecule has 1 nitrogen and oxygen atoms in total. The average Bonchev–Trinajstić information content (AvgIpc) is 2.14. The van der Waals surface area contributed by atoms with Gasteiger partial charge in [0.2, 0.25) is 0 Å². The Kier molecular flexibility index (Phi) is 3.86. The molecule has 0 bridgehead atoms. The van der Waals surface area contributed by atoms with Crippen LogP contribution in [0.15, 0.2) is 0 Å². The summed E-state index contributed by atoms with van der Waals surface area (Å²) in [6, 6.07) is 1.76. The van der Waals surface area contributed by atoms with Crippen molar-refractivity contribution in [2.24, 2.45) is 5.92 Å². The standard InChI is InChI=1S/C13H25N/c1-2-4-11-7-9-13(10-8-11)14-12-5-3-6-12/h11-14H,2-10H2,1H3. The maximum Gasteiger partial charge on any atom is 0.00698 e. The van der Waals surface area contributed by atoms with Gasteiger partial charge >= 0.3 is 0 Å². The Morgan fingerprint density at radius 3 is 2.07 bits per heavy atom. The highest BCUT2D eigenvalue weighted by atomic mass is 15.0. The molecule has 0 heterocycles. The first-order chi connectivity index (χ1) is 6.88. The lowest BCUT2D eigenvalue weighted by atomic mass is 9.82. The quantitative estimate of drug-likeness (QED) is 0.724. The summed E-state index contributed by atoms with van der Waals surface area (Å²) in [6.45, 7) is 2.32. The van der Waals surface area contributed by atoms with Crippen LogP contribution in [0.5, 0.6) is 0 Å². The van der Waals surface area contributed by atoms with Crippen molar-refractivity contribution in [3.05, 3.63) is 0 Å². The Morgan fingerprint density at radius 1 is 0.929 bits per heavy atom. The Bertz CT molecular complexity index is 155. The molecule has 0 saturated heterocycles. The number of nitrogens with one attached hydrogen (secondary N) is 1. The lowest BCUT2D eigenvalue weighted by Crippen LogP contribution is -2.43. The first kappa shape index (κ1) is 10.5. The van der Waals surface area contributed by atoms with E-state index < -0.39 is 0 Å². The van der Waals surface area contributed by atoms with Crippen molar-refractivity contribution >= 4 is 0 Å². The highest BCUT2D eigenvalue weighted by Crippen LogP contribution is 2.29. The molecule has 0 radical (unpaired) electrons. The van der Waals surface area contributed by atoms with Crippen LogP contribution in [0.1, 0.15) is 64.7 Å². The predicted molar refractivity (Wildman–Crippen MR) is 61.4 cm³/mol. The largest absolute Gasteiger partial charge is 0.311 e. The third-order valence-electron chi connectivity index (χ3n) is 4.12. The Hall–Kier alpha value is -0.0400. The van der Waals surface area contributed by atoms with Gasteiger partial charge < -0.3 is 5.32 Å². The molecule has 2 saturated carbocycles. The van der Waals surface area contributed by atoms with Gasteiger partial charge in [0, 0.05) is 12.1 Å². The number of rotatable bonds is 4. The van der Waals surface area contributed by atoms with Crippen molar-refractivity contribution in [2.45, 2.75) is 76.8 Å². The minimum absolute atomic E-state index is 0.869. The van der Waals surface area contributed by atoms with Gasteiger partial charge in [0.05, 0.1) is 0 Å². The van der Waals surface area contributed by atoms with E-state index in [0.717, 1.165) is 18.0 Å². The maximum atomic E-state index is 3.82. The van der Waals surface area contributed by atoms with Crippen LogP contribution >= 0.6 is 0 Å². The Labute approximate surface area is 88.7 Å². The molecule has 2 aliphatic rings. The molecule has 0 amide bonds. The van der Waals surface area contributed by atoms with Gasteiger partial charge in [-0.2, -0.15) is 0 Å². The zero-order valence-electron chi connectivity index (χ0n) is 9.60. The molecule has 1 N–H and O–H groups in total. The second-order valence-electron chi connectivity index (χ2n) is 5.30. The second-order valence-corrected chi connectivity index (χ2v) is 5.30. The van der Waals surface area contributed by atoms with Crippen LogP contribution in [-0.2, 0) is 0 Å². The molecule has 0 atom stereocenters. The molecule has 0 aromatic heterocycles. The van der Waals surface area contributed by atoms with Crippen molar-refractivity contribution in [1.29, 1.82) is 0 Å². The van der Waals surface area contributed by atoms with Gasteiger partial charge in [-0.15, -0.1) is 0 Å². The van der Waals surface area contributed by atoms with Crippen LogP contribution in [0.4, 0.5) is 0 Å². The van der Waals surface area contributed by atoms with Crippen LogP contribution in [0.3, 0.4) is 0 Å². The molecule has 2 fully saturated rings. The highest BCUT2D eigenvalue weighted by molar-refractivity contribution is 4.84. The van der Waals surface area contributed by atoms with Crippen molar-refractivity contribution in [2.75, 3.05) is 0 Å². The van der Waals surface area contributed by atoms with Gasteiger partial charge in [0.1, 0.15) is 0 Å². The SMILES string of the molecule is CCCC1CCC(NC2CCC2)CC1. The van der Waals surface area contributed by atoms with E-state index in [2.05, 4.69) is 12.2 Å². The van der Waals surface area contributed by atoms with Gasteiger partial charge in [0.25, 0.3) is 0 Å². The van der Waals surface area contributed by atoms with E-state index in [1.54, 1.807) is 0 Å². The Balaban J connectivity index is 1.62. The van der Waals surface area contributed by atoms with Gasteiger partial charge in [0.15, 0.2) is 0 Å². The van der Waals surface area contributed by atoms with Crippen LogP contribution in [0.25, 0.3) is 0 Å². The summed E-state index contributed by atoms with van der Waals surface area (Å²) in [6.07, 6.45) is 13.0. The van der Waals surface area contributed by atoms with Crippen molar-refractivity contribution in [3.63, 3.8) is 0 Å². The molecule has 0 aromatic carbocycles. The van der Waals surface area contributed by atoms with Crippen molar-refractivity contribution in [3.8, 4) is 0 Å². The average molecular weight is 195 g/mol. The van der Waals surface area contributed by atoms with Gasteiger partial charge in [-0.05, 0) is 44.4 Å². The summed E-state index contributed by atoms with van der Waals surface area (Å²) >= 11 is 0. The molecule has 2 rings (SSSR count). The normalized spacial score (nSPS) is 34.1. The predicted octanol–water partition coefficient (Wildman–Crippen LogP) is 3.49. The van der Waals surface area contributed by atoms with Crippen molar-refractivity contribution < 1.29 is 0 Å². The van der Waals surface area contributed by atoms with E-state index in [-0.39, 0.29) is 0 Å². The van der Waals surface area contributed by atoms with E-state index in [4.69, 9.17) is 0 Å². The van der Waals surface area contributed by atoms with Gasteiger partial charge in [-0.3, -0.25) is 0 Å². The van der Waals surface area contributed by atoms with E-state index in [1.807, 2.05) is 0 Å². The molecule has 0 aromatic rings. The first-order valence-corrected chi connectivity index (χ1v) is 6.64. The smallest absolute Gasteiger partial charge is 0.00698 e. The lowest BCUT2D eigenvalue weighted by Gasteiger charge is -2.35. The molecule has 0 spiro atoms. The third-order valence-corrected chi connectivity index (χ3v) is 4.12. The molecular formula is C13H25N. The van der Waals surface area contributed by atoms with Crippen LogP contribution in [-0.4, -0.2) is 12.1 Å². The maximum absolute atomic E-state index is 3.82. The fraction of sp³-hybridized carbons (Fsp3) is 1.00. The zero-order valence-corrected chi connectivity index (χ0v) is 9.60. The van der Waals surface area contributed by atoms with Gasteiger partial charge in [-0.1, -0.05) is 26.2 Å². The Morgan fingerprint density at radius 2 is 1.57 bits per heavy atom. The summed E-state index contributed by atoms with van der Waals surface area (Å²) in [5, 5.41) is 3.82. The van der Waals surface area contributed by atoms with E-state index in [1.165, 1.54) is 57.8 Å². The van der Waals surface area contributed by atoms with Crippen LogP contribution in [0.2, 0.25) is 0 Å². The van der Waals surface area contributed by atoms with Gasteiger partial charge in [-0.25, -0.2) is 0 Å². The van der Waals surface area contributed by atoms with Crippen molar-refractivity contribution in [1.82, 2.24) is 5.32 Å². The molecule has 14 heavy (non-hydrogen) atoms. The molecule has 82 valence electrons. The van der Waals surface area contributed by atoms with E-state index >= 15 is 0 Å². The fourth-order valence-electron chi connectivity index (χ4n) is 2.93. The van der Waals surface area contributed by atoms with E-state index in [0.29, 0.717) is 0 Å². The topological polar surface area (TPSA) is 12.0 Å². The monoisotopic (exact) mass is 195 g/mol. The minimum atomic E-state index is 0.869. The summed E-state index contributed by atoms with van der Waals surface area (Å²) in [7, 11) is 0. The summed E-state index contributed by atoms with van der Waals surface area (Å²) < 4.78 is 0. The molecule has 0 unspecified atom stereocenters. The third kappa shape index (κ3) is 2.73. The fourth-order valence-corrected chi connectivity index (χ4v) is 2.93. The minimum Gasteiger partial charge on any atom is -0.311 e. The molecule has 2 aliphatic carbocycles. The summed E-state index contributed by atoms with van der Waals surface area (Å²) in [5.74, 6) is 1.06. The van der Waals surface area contributed by atoms with Crippen LogP contribution < -0.4 is 5.32 Å². The zero-order chi connectivity index (χ0) is 9.80. The number of hydrogen-bond acceptors (Lipinski definition) is 1. The first-order valence-electron chi connectivity index (χ1n) is 6.64. The van der Waals surface area contributed by atoms with E-state index in [9.17, 15) is 0 Å². The number of hydrogen-bond donors (Lipinski definition) is 1. The lowest BCUT2D eigenvalue weighted by molar-refractivity contribution is 0.229. The molecule has 1 heteroatoms. The highest BCUT2D eigenvalue weighted by Gasteiger charge is 2.24. The molecule has 0 aliphatic heterocycles. The second kappa shape index (κ2) is 5.16. The summed E-state index contributed by atoms with van der Waals surface area (Å²) in [5.41, 5.74) is 0.